The van der Waals surface area contributed by atoms with E-state index in [9.17, 15) is 21.0 Å². The van der Waals surface area contributed by atoms with Crippen LogP contribution in [0.4, 0.5) is 0 Å². The first-order valence-corrected chi connectivity index (χ1v) is 16.6. The molecule has 0 bridgehead atoms. The quantitative estimate of drug-likeness (QED) is 0.193. The number of fused-ring (bicyclic) bond motifs is 4. The van der Waals surface area contributed by atoms with Gasteiger partial charge in [-0.1, -0.05) is 6.42 Å². The zero-order valence-electron chi connectivity index (χ0n) is 23.1. The Kier molecular flexibility index (Phi) is 7.84. The summed E-state index contributed by atoms with van der Waals surface area (Å²) in [6.45, 7) is 0. The Balaban J connectivity index is 1.48. The Morgan fingerprint density at radius 1 is 0.698 bits per heavy atom. The van der Waals surface area contributed by atoms with Gasteiger partial charge in [-0.2, -0.15) is 21.0 Å². The predicted octanol–water partition coefficient (Wildman–Crippen LogP) is 9.36. The average Bonchev–Trinajstić information content (AvgIpc) is 3.83. The summed E-state index contributed by atoms with van der Waals surface area (Å²) < 4.78 is 18.4. The smallest absolute Gasteiger partial charge is 0.140 e. The Morgan fingerprint density at radius 3 is 1.72 bits per heavy atom. The van der Waals surface area contributed by atoms with Crippen molar-refractivity contribution in [1.82, 2.24) is 0 Å². The van der Waals surface area contributed by atoms with E-state index in [2.05, 4.69) is 12.1 Å². The highest BCUT2D eigenvalue weighted by Gasteiger charge is 2.44. The van der Waals surface area contributed by atoms with Crippen LogP contribution in [0.1, 0.15) is 47.4 Å². The van der Waals surface area contributed by atoms with E-state index in [0.717, 1.165) is 65.6 Å². The highest BCUT2D eigenvalue weighted by molar-refractivity contribution is 7.29. The molecule has 0 radical (unpaired) electrons. The van der Waals surface area contributed by atoms with Gasteiger partial charge in [0.05, 0.1) is 38.6 Å². The summed E-state index contributed by atoms with van der Waals surface area (Å²) in [4.78, 5) is 7.72. The molecule has 0 aromatic carbocycles. The summed E-state index contributed by atoms with van der Waals surface area (Å²) in [6, 6.07) is 15.8. The van der Waals surface area contributed by atoms with Crippen molar-refractivity contribution in [3.8, 4) is 70.8 Å². The van der Waals surface area contributed by atoms with Crippen LogP contribution in [0, 0.1) is 45.3 Å². The van der Waals surface area contributed by atoms with Gasteiger partial charge in [-0.05, 0) is 56.0 Å². The summed E-state index contributed by atoms with van der Waals surface area (Å²) in [5, 5.41) is 36.9. The molecule has 7 nitrogen and oxygen atoms in total. The summed E-state index contributed by atoms with van der Waals surface area (Å²) in [6.07, 6.45) is 8.41. The van der Waals surface area contributed by atoms with Crippen molar-refractivity contribution in [3.63, 3.8) is 0 Å². The molecule has 1 aliphatic carbocycles. The Morgan fingerprint density at radius 2 is 1.21 bits per heavy atom. The minimum atomic E-state index is -0.405. The second-order valence-electron chi connectivity index (χ2n) is 9.97. The van der Waals surface area contributed by atoms with E-state index in [0.29, 0.717) is 11.5 Å². The largest absolute Gasteiger partial charge is 0.495 e. The summed E-state index contributed by atoms with van der Waals surface area (Å²) in [5.41, 5.74) is 0.881. The van der Waals surface area contributed by atoms with Gasteiger partial charge in [0.2, 0.25) is 0 Å². The number of ether oxygens (including phenoxy) is 3. The van der Waals surface area contributed by atoms with Gasteiger partial charge in [0.25, 0.3) is 0 Å². The second-order valence-corrected chi connectivity index (χ2v) is 14.2. The number of thiophene rings is 4. The van der Waals surface area contributed by atoms with Gasteiger partial charge in [-0.15, -0.1) is 45.3 Å². The van der Waals surface area contributed by atoms with Crippen LogP contribution < -0.4 is 14.2 Å². The van der Waals surface area contributed by atoms with E-state index < -0.39 is 5.60 Å². The van der Waals surface area contributed by atoms with Crippen LogP contribution in [-0.2, 0) is 5.60 Å². The highest BCUT2D eigenvalue weighted by atomic mass is 32.1. The van der Waals surface area contributed by atoms with Crippen LogP contribution in [0.15, 0.2) is 35.4 Å². The van der Waals surface area contributed by atoms with E-state index in [4.69, 9.17) is 14.2 Å². The van der Waals surface area contributed by atoms with Gasteiger partial charge in [0.1, 0.15) is 58.3 Å². The molecule has 0 saturated heterocycles. The van der Waals surface area contributed by atoms with Crippen LogP contribution >= 0.6 is 45.3 Å². The first-order chi connectivity index (χ1) is 20.9. The molecule has 4 aromatic rings. The normalized spacial score (nSPS) is 14.1. The van der Waals surface area contributed by atoms with E-state index in [1.54, 1.807) is 49.0 Å². The molecule has 212 valence electrons. The Bertz CT molecular complexity index is 1940. The molecular weight excluding hydrogens is 617 g/mol. The van der Waals surface area contributed by atoms with Crippen LogP contribution in [0.5, 0.6) is 17.2 Å². The first kappa shape index (κ1) is 28.7. The Labute approximate surface area is 265 Å². The maximum Gasteiger partial charge on any atom is 0.140 e. The average molecular weight is 639 g/mol. The monoisotopic (exact) mass is 638 g/mol. The van der Waals surface area contributed by atoms with Crippen molar-refractivity contribution < 1.29 is 14.2 Å². The molecule has 43 heavy (non-hydrogen) atoms. The highest BCUT2D eigenvalue weighted by Crippen LogP contribution is 2.60. The lowest BCUT2D eigenvalue weighted by Gasteiger charge is -2.40. The van der Waals surface area contributed by atoms with Crippen LogP contribution in [-0.4, -0.2) is 14.2 Å². The lowest BCUT2D eigenvalue weighted by molar-refractivity contribution is 0.0251. The maximum absolute atomic E-state index is 9.25. The number of rotatable bonds is 6. The molecule has 5 heterocycles. The summed E-state index contributed by atoms with van der Waals surface area (Å²) in [5.74, 6) is 2.25. The third-order valence-corrected chi connectivity index (χ3v) is 12.4. The molecule has 11 heteroatoms. The maximum atomic E-state index is 9.25. The van der Waals surface area contributed by atoms with Gasteiger partial charge >= 0.3 is 0 Å². The Hall–Kier alpha value is -4.36. The summed E-state index contributed by atoms with van der Waals surface area (Å²) in [7, 11) is 3.25. The lowest BCUT2D eigenvalue weighted by atomic mass is 9.78. The number of allylic oxidation sites excluding steroid dienone is 2. The zero-order valence-corrected chi connectivity index (χ0v) is 26.4. The fourth-order valence-electron chi connectivity index (χ4n) is 5.53. The number of nitriles is 4. The lowest BCUT2D eigenvalue weighted by Crippen LogP contribution is -2.37. The number of hydrogen-bond donors (Lipinski definition) is 0. The van der Waals surface area contributed by atoms with Crippen LogP contribution in [0.25, 0.3) is 41.4 Å². The van der Waals surface area contributed by atoms with Crippen LogP contribution in [0.2, 0.25) is 0 Å². The molecule has 6 rings (SSSR count). The molecule has 0 N–H and O–H groups in total. The van der Waals surface area contributed by atoms with Crippen molar-refractivity contribution in [3.05, 3.63) is 50.7 Å². The molecular formula is C32H22N4O3S4. The molecule has 0 amide bonds. The number of methoxy groups -OCH3 is 2. The fourth-order valence-corrected chi connectivity index (χ4v) is 10.4. The van der Waals surface area contributed by atoms with Gasteiger partial charge in [0.15, 0.2) is 0 Å². The first-order valence-electron chi connectivity index (χ1n) is 13.3. The van der Waals surface area contributed by atoms with E-state index in [1.165, 1.54) is 39.5 Å². The van der Waals surface area contributed by atoms with Crippen LogP contribution in [0.3, 0.4) is 0 Å². The van der Waals surface area contributed by atoms with Crippen molar-refractivity contribution in [1.29, 1.82) is 21.0 Å². The molecule has 0 atom stereocenters. The van der Waals surface area contributed by atoms with Gasteiger partial charge in [-0.3, -0.25) is 0 Å². The molecule has 1 aliphatic heterocycles. The van der Waals surface area contributed by atoms with E-state index in [1.807, 2.05) is 36.4 Å². The number of hydrogen-bond acceptors (Lipinski definition) is 11. The molecule has 1 fully saturated rings. The molecule has 1 saturated carbocycles. The second kappa shape index (κ2) is 11.7. The third kappa shape index (κ3) is 5.12. The molecule has 2 aliphatic rings. The minimum Gasteiger partial charge on any atom is -0.495 e. The minimum absolute atomic E-state index is 0.0402. The summed E-state index contributed by atoms with van der Waals surface area (Å²) >= 11 is 6.33. The zero-order chi connectivity index (χ0) is 30.1. The fraction of sp³-hybridized carbons (Fsp3) is 0.250. The topological polar surface area (TPSA) is 123 Å². The van der Waals surface area contributed by atoms with Gasteiger partial charge in [-0.25, -0.2) is 0 Å². The van der Waals surface area contributed by atoms with Crippen molar-refractivity contribution >= 4 is 57.5 Å². The standard InChI is InChI=1S/C32H22N4O3S4/c1-37-23-10-20(8-18(14-33)15-34)40-29(23)26-12-22-28(42-26)31-25(39-32(22)6-4-3-5-7-32)13-27(43-31)30-24(38-2)11-21(41-30)9-19(16-35)17-36/h8-13H,3-7H2,1-2H3. The molecule has 0 unspecified atom stereocenters. The van der Waals surface area contributed by atoms with Crippen molar-refractivity contribution in [2.75, 3.05) is 14.2 Å². The van der Waals surface area contributed by atoms with E-state index >= 15 is 0 Å². The molecule has 4 aromatic heterocycles. The van der Waals surface area contributed by atoms with Crippen molar-refractivity contribution in [2.24, 2.45) is 0 Å². The van der Waals surface area contributed by atoms with Gasteiger partial charge in [0, 0.05) is 26.3 Å². The third-order valence-electron chi connectivity index (χ3n) is 7.47. The van der Waals surface area contributed by atoms with Crippen molar-refractivity contribution in [2.45, 2.75) is 37.7 Å². The number of nitrogens with zero attached hydrogens (tertiary/aromatic N) is 4. The van der Waals surface area contributed by atoms with Gasteiger partial charge < -0.3 is 14.2 Å². The molecule has 1 spiro atoms. The predicted molar refractivity (Wildman–Crippen MR) is 171 cm³/mol. The SMILES string of the molecule is COc1cc(C=C(C#N)C#N)sc1-c1cc2c(s1)-c1sc(-c3sc(C=C(C#N)C#N)cc3OC)cc1C1(CCCCC1)O2. The van der Waals surface area contributed by atoms with E-state index in [-0.39, 0.29) is 11.1 Å².